The van der Waals surface area contributed by atoms with Crippen molar-refractivity contribution in [2.45, 2.75) is 13.0 Å². The predicted octanol–water partition coefficient (Wildman–Crippen LogP) is 3.88. The zero-order chi connectivity index (χ0) is 21.7. The molecule has 4 N–H and O–H groups in total. The number of nitrogens with zero attached hydrogens (tertiary/aromatic N) is 3. The van der Waals surface area contributed by atoms with Crippen molar-refractivity contribution in [3.8, 4) is 0 Å². The zero-order valence-corrected chi connectivity index (χ0v) is 17.6. The molecule has 0 fully saturated rings. The minimum absolute atomic E-state index is 0.0224. The summed E-state index contributed by atoms with van der Waals surface area (Å²) in [5.41, 5.74) is 1.38. The Labute approximate surface area is 184 Å². The molecule has 1 atom stereocenters. The molecule has 0 spiro atoms. The summed E-state index contributed by atoms with van der Waals surface area (Å²) in [6.07, 6.45) is 1.14. The maximum absolute atomic E-state index is 12.6. The first kappa shape index (κ1) is 19.5. The molecule has 5 rings (SSSR count). The van der Waals surface area contributed by atoms with Crippen LogP contribution in [0.4, 0.5) is 17.3 Å². The smallest absolute Gasteiger partial charge is 0.341 e. The van der Waals surface area contributed by atoms with Gasteiger partial charge >= 0.3 is 5.97 Å². The number of rotatable bonds is 3. The van der Waals surface area contributed by atoms with Crippen molar-refractivity contribution >= 4 is 73.1 Å². The number of benzene rings is 1. The van der Waals surface area contributed by atoms with Gasteiger partial charge < -0.3 is 21.1 Å². The lowest BCUT2D eigenvalue weighted by Crippen LogP contribution is -2.34. The summed E-state index contributed by atoms with van der Waals surface area (Å²) in [5.74, 6) is -0.807. The number of carboxylic acid groups (broad SMARTS) is 1. The highest BCUT2D eigenvalue weighted by Gasteiger charge is 2.24. The second-order valence-corrected chi connectivity index (χ2v) is 8.49. The second kappa shape index (κ2) is 7.33. The van der Waals surface area contributed by atoms with E-state index in [4.69, 9.17) is 11.6 Å². The molecule has 1 amide bonds. The molecule has 1 aliphatic heterocycles. The number of aromatic nitrogens is 3. The van der Waals surface area contributed by atoms with Gasteiger partial charge in [-0.2, -0.15) is 4.98 Å². The highest BCUT2D eigenvalue weighted by molar-refractivity contribution is 7.21. The van der Waals surface area contributed by atoms with Crippen LogP contribution in [0.5, 0.6) is 0 Å². The van der Waals surface area contributed by atoms with E-state index in [0.717, 1.165) is 27.4 Å². The van der Waals surface area contributed by atoms with Gasteiger partial charge in [0.25, 0.3) is 5.91 Å². The Hall–Kier alpha value is -3.50. The Morgan fingerprint density at radius 3 is 2.94 bits per heavy atom. The van der Waals surface area contributed by atoms with Crippen LogP contribution in [0.1, 0.15) is 27.0 Å². The van der Waals surface area contributed by atoms with E-state index in [0.29, 0.717) is 22.8 Å². The largest absolute Gasteiger partial charge is 0.477 e. The first-order valence-electron chi connectivity index (χ1n) is 9.34. The highest BCUT2D eigenvalue weighted by atomic mass is 35.5. The van der Waals surface area contributed by atoms with Crippen LogP contribution < -0.4 is 16.0 Å². The van der Waals surface area contributed by atoms with E-state index in [1.54, 1.807) is 6.07 Å². The van der Waals surface area contributed by atoms with Crippen molar-refractivity contribution in [2.75, 3.05) is 17.2 Å². The van der Waals surface area contributed by atoms with Crippen LogP contribution >= 0.6 is 22.9 Å². The molecular formula is C20H15ClN6O3S. The fraction of sp³-hybridized carbons (Fsp3) is 0.150. The van der Waals surface area contributed by atoms with E-state index in [1.807, 2.05) is 25.1 Å². The number of halogens is 1. The zero-order valence-electron chi connectivity index (χ0n) is 16.1. The minimum Gasteiger partial charge on any atom is -0.477 e. The number of amides is 1. The van der Waals surface area contributed by atoms with Crippen molar-refractivity contribution in [3.63, 3.8) is 0 Å². The fourth-order valence-electron chi connectivity index (χ4n) is 3.53. The molecule has 0 unspecified atom stereocenters. The number of hydrogen-bond acceptors (Lipinski definition) is 8. The van der Waals surface area contributed by atoms with Crippen molar-refractivity contribution in [2.24, 2.45) is 0 Å². The van der Waals surface area contributed by atoms with Crippen LogP contribution in [0.2, 0.25) is 5.28 Å². The summed E-state index contributed by atoms with van der Waals surface area (Å²) in [7, 11) is 0. The van der Waals surface area contributed by atoms with Gasteiger partial charge in [0.05, 0.1) is 11.2 Å². The summed E-state index contributed by atoms with van der Waals surface area (Å²) in [6, 6.07) is 7.43. The van der Waals surface area contributed by atoms with Crippen LogP contribution in [0, 0.1) is 0 Å². The molecule has 1 aliphatic rings. The van der Waals surface area contributed by atoms with Crippen LogP contribution in [-0.4, -0.2) is 44.5 Å². The van der Waals surface area contributed by atoms with Crippen LogP contribution in [0.25, 0.3) is 21.0 Å². The Bertz CT molecular complexity index is 1390. The number of carboxylic acids is 1. The maximum atomic E-state index is 12.6. The summed E-state index contributed by atoms with van der Waals surface area (Å²) in [6.45, 7) is 2.58. The molecule has 156 valence electrons. The molecule has 9 nitrogen and oxygen atoms in total. The molecule has 0 radical (unpaired) electrons. The average molecular weight is 455 g/mol. The fourth-order valence-corrected chi connectivity index (χ4v) is 4.76. The van der Waals surface area contributed by atoms with E-state index >= 15 is 0 Å². The molecule has 4 heterocycles. The standard InChI is InChI=1S/C20H15ClN6O3S/c1-8-6-22-15-14-9-2-5-13(26-17-10(19(29)30)7-23-20(21)27-17)25-11(9)3-4-12(14)31-16(15)18(28)24-8/h2-5,7-8,22H,6H2,1H3,(H,24,28)(H,29,30)(H,23,25,26,27)/t8-/m1/s1. The van der Waals surface area contributed by atoms with Gasteiger partial charge in [0, 0.05) is 34.3 Å². The predicted molar refractivity (Wildman–Crippen MR) is 120 cm³/mol. The normalized spacial score (nSPS) is 15.8. The van der Waals surface area contributed by atoms with Gasteiger partial charge in [-0.05, 0) is 42.8 Å². The molecule has 0 bridgehead atoms. The first-order chi connectivity index (χ1) is 14.9. The molecular weight excluding hydrogens is 440 g/mol. The molecule has 0 aliphatic carbocycles. The highest BCUT2D eigenvalue weighted by Crippen LogP contribution is 2.41. The van der Waals surface area contributed by atoms with Crippen LogP contribution in [0.3, 0.4) is 0 Å². The number of anilines is 3. The number of hydrogen-bond donors (Lipinski definition) is 4. The van der Waals surface area contributed by atoms with Gasteiger partial charge in [-0.1, -0.05) is 0 Å². The van der Waals surface area contributed by atoms with E-state index in [2.05, 4.69) is 30.9 Å². The molecule has 11 heteroatoms. The Morgan fingerprint density at radius 2 is 2.13 bits per heavy atom. The average Bonchev–Trinajstić information content (AvgIpc) is 3.04. The van der Waals surface area contributed by atoms with Crippen molar-refractivity contribution < 1.29 is 14.7 Å². The van der Waals surface area contributed by atoms with Crippen molar-refractivity contribution in [1.29, 1.82) is 0 Å². The topological polar surface area (TPSA) is 129 Å². The van der Waals surface area contributed by atoms with E-state index < -0.39 is 5.97 Å². The third-order valence-corrected chi connectivity index (χ3v) is 6.26. The summed E-state index contributed by atoms with van der Waals surface area (Å²) in [4.78, 5) is 36.9. The van der Waals surface area contributed by atoms with Crippen molar-refractivity contribution in [3.05, 3.63) is 46.2 Å². The van der Waals surface area contributed by atoms with Gasteiger partial charge in [-0.3, -0.25) is 4.79 Å². The summed E-state index contributed by atoms with van der Waals surface area (Å²) in [5, 5.41) is 20.4. The van der Waals surface area contributed by atoms with E-state index in [-0.39, 0.29) is 28.6 Å². The van der Waals surface area contributed by atoms with Gasteiger partial charge in [0.2, 0.25) is 5.28 Å². The summed E-state index contributed by atoms with van der Waals surface area (Å²) >= 11 is 7.26. The lowest BCUT2D eigenvalue weighted by molar-refractivity contribution is 0.0697. The Morgan fingerprint density at radius 1 is 1.29 bits per heavy atom. The summed E-state index contributed by atoms with van der Waals surface area (Å²) < 4.78 is 0.980. The van der Waals surface area contributed by atoms with Gasteiger partial charge in [-0.15, -0.1) is 11.3 Å². The monoisotopic (exact) mass is 454 g/mol. The van der Waals surface area contributed by atoms with Crippen molar-refractivity contribution in [1.82, 2.24) is 20.3 Å². The van der Waals surface area contributed by atoms with Gasteiger partial charge in [0.1, 0.15) is 16.3 Å². The number of carbonyl (C=O) groups is 2. The minimum atomic E-state index is -1.18. The van der Waals surface area contributed by atoms with Crippen LogP contribution in [-0.2, 0) is 0 Å². The van der Waals surface area contributed by atoms with Gasteiger partial charge in [-0.25, -0.2) is 14.8 Å². The molecule has 0 saturated heterocycles. The second-order valence-electron chi connectivity index (χ2n) is 7.09. The molecule has 3 aromatic heterocycles. The third-order valence-electron chi connectivity index (χ3n) is 4.93. The first-order valence-corrected chi connectivity index (χ1v) is 10.5. The third kappa shape index (κ3) is 3.39. The quantitative estimate of drug-likeness (QED) is 0.343. The number of thiophene rings is 1. The Balaban J connectivity index is 1.61. The van der Waals surface area contributed by atoms with Gasteiger partial charge in [0.15, 0.2) is 5.82 Å². The van der Waals surface area contributed by atoms with Crippen LogP contribution in [0.15, 0.2) is 30.5 Å². The molecule has 0 saturated carbocycles. The molecule has 31 heavy (non-hydrogen) atoms. The molecule has 1 aromatic carbocycles. The number of nitrogens with one attached hydrogen (secondary N) is 3. The van der Waals surface area contributed by atoms with E-state index in [1.165, 1.54) is 11.3 Å². The number of fused-ring (bicyclic) bond motifs is 5. The lowest BCUT2D eigenvalue weighted by Gasteiger charge is -2.11. The molecule has 4 aromatic rings. The number of pyridine rings is 1. The maximum Gasteiger partial charge on any atom is 0.341 e. The SMILES string of the molecule is C[C@@H]1CNc2c(sc3ccc4nc(Nc5nc(Cl)ncc5C(=O)O)ccc4c23)C(=O)N1. The number of carbonyl (C=O) groups excluding carboxylic acids is 1. The lowest BCUT2D eigenvalue weighted by atomic mass is 10.1. The van der Waals surface area contributed by atoms with E-state index in [9.17, 15) is 14.7 Å². The Kier molecular flexibility index (Phi) is 4.60. The number of aromatic carboxylic acids is 1.